The number of tetrazole rings is 1. The fourth-order valence-corrected chi connectivity index (χ4v) is 5.23. The SMILES string of the molecule is CCCCc1nc(Cl)c(C(=O)OCc2oc(=O)oc2COC[C@@H](CO[N+](=O)[O-])O[N+](=O)[O-])n1Cc1ccc(-c2ccccc2-c2nn[nH]n2)cc1. The molecule has 0 aliphatic carbocycles. The summed E-state index contributed by atoms with van der Waals surface area (Å²) < 4.78 is 22.3. The molecule has 0 saturated heterocycles. The Morgan fingerprint density at radius 1 is 1.02 bits per heavy atom. The van der Waals surface area contributed by atoms with Crippen LogP contribution >= 0.6 is 11.6 Å². The normalized spacial score (nSPS) is 11.6. The van der Waals surface area contributed by atoms with Gasteiger partial charge in [0.2, 0.25) is 5.82 Å². The van der Waals surface area contributed by atoms with Crippen LogP contribution in [0.2, 0.25) is 5.15 Å². The number of aromatic amines is 1. The molecule has 5 rings (SSSR count). The predicted molar refractivity (Wildman–Crippen MR) is 171 cm³/mol. The van der Waals surface area contributed by atoms with Crippen molar-refractivity contribution in [2.24, 2.45) is 0 Å². The van der Waals surface area contributed by atoms with Gasteiger partial charge in [-0.15, -0.1) is 30.4 Å². The van der Waals surface area contributed by atoms with E-state index >= 15 is 0 Å². The Labute approximate surface area is 291 Å². The van der Waals surface area contributed by atoms with Gasteiger partial charge in [-0.1, -0.05) is 73.5 Å². The monoisotopic (exact) mass is 728 g/mol. The number of ether oxygens (including phenoxy) is 2. The minimum Gasteiger partial charge on any atom is -0.453 e. The Hall–Kier alpha value is -6.15. The average Bonchev–Trinajstić information content (AvgIpc) is 3.84. The molecule has 0 aliphatic heterocycles. The van der Waals surface area contributed by atoms with E-state index in [-0.39, 0.29) is 28.9 Å². The summed E-state index contributed by atoms with van der Waals surface area (Å²) >= 11 is 6.48. The molecular weight excluding hydrogens is 700 g/mol. The zero-order valence-electron chi connectivity index (χ0n) is 26.8. The predicted octanol–water partition coefficient (Wildman–Crippen LogP) is 3.98. The number of H-pyrrole nitrogens is 1. The number of aromatic nitrogens is 6. The van der Waals surface area contributed by atoms with Gasteiger partial charge in [-0.3, -0.25) is 0 Å². The highest BCUT2D eigenvalue weighted by Crippen LogP contribution is 2.30. The topological polar surface area (TPSA) is 256 Å². The zero-order chi connectivity index (χ0) is 36.3. The Kier molecular flexibility index (Phi) is 12.0. The lowest BCUT2D eigenvalue weighted by Crippen LogP contribution is -2.29. The second-order valence-corrected chi connectivity index (χ2v) is 11.1. The number of nitrogens with zero attached hydrogens (tertiary/aromatic N) is 7. The summed E-state index contributed by atoms with van der Waals surface area (Å²) in [5.74, 6) is -1.40. The summed E-state index contributed by atoms with van der Waals surface area (Å²) in [7, 11) is 0. The van der Waals surface area contributed by atoms with Crippen molar-refractivity contribution in [2.75, 3.05) is 13.2 Å². The Morgan fingerprint density at radius 2 is 1.75 bits per heavy atom. The van der Waals surface area contributed by atoms with Crippen molar-refractivity contribution >= 4 is 17.6 Å². The van der Waals surface area contributed by atoms with E-state index in [1.165, 1.54) is 0 Å². The Balaban J connectivity index is 1.29. The molecule has 0 spiro atoms. The highest BCUT2D eigenvalue weighted by molar-refractivity contribution is 6.32. The van der Waals surface area contributed by atoms with Gasteiger partial charge < -0.3 is 32.6 Å². The van der Waals surface area contributed by atoms with Gasteiger partial charge in [0.15, 0.2) is 35.1 Å². The van der Waals surface area contributed by atoms with Crippen molar-refractivity contribution in [2.45, 2.75) is 52.0 Å². The maximum atomic E-state index is 13.5. The number of unbranched alkanes of at least 4 members (excludes halogenated alkanes) is 1. The molecule has 3 aromatic heterocycles. The molecule has 51 heavy (non-hydrogen) atoms. The smallest absolute Gasteiger partial charge is 0.453 e. The van der Waals surface area contributed by atoms with Crippen LogP contribution in [0.3, 0.4) is 0 Å². The highest BCUT2D eigenvalue weighted by Gasteiger charge is 2.26. The van der Waals surface area contributed by atoms with Gasteiger partial charge in [0.05, 0.1) is 6.61 Å². The maximum Gasteiger partial charge on any atom is 0.519 e. The number of imidazole rings is 1. The van der Waals surface area contributed by atoms with E-state index in [1.807, 2.05) is 55.5 Å². The number of hydrogen-bond donors (Lipinski definition) is 1. The van der Waals surface area contributed by atoms with Crippen LogP contribution in [0.1, 0.15) is 53.2 Å². The second kappa shape index (κ2) is 17.0. The van der Waals surface area contributed by atoms with E-state index in [0.717, 1.165) is 35.1 Å². The molecule has 0 bridgehead atoms. The van der Waals surface area contributed by atoms with Gasteiger partial charge in [-0.2, -0.15) is 5.21 Å². The third-order valence-electron chi connectivity index (χ3n) is 7.27. The minimum atomic E-state index is -1.47. The number of benzene rings is 2. The van der Waals surface area contributed by atoms with Crippen molar-refractivity contribution in [3.8, 4) is 22.5 Å². The van der Waals surface area contributed by atoms with Gasteiger partial charge >= 0.3 is 11.8 Å². The van der Waals surface area contributed by atoms with Crippen molar-refractivity contribution in [1.82, 2.24) is 30.2 Å². The third kappa shape index (κ3) is 9.51. The van der Waals surface area contributed by atoms with Crippen molar-refractivity contribution in [3.05, 3.63) is 113 Å². The molecule has 268 valence electrons. The number of halogens is 1. The first kappa shape index (κ1) is 36.1. The van der Waals surface area contributed by atoms with Crippen LogP contribution in [-0.4, -0.2) is 65.6 Å². The van der Waals surface area contributed by atoms with Gasteiger partial charge in [0.25, 0.3) is 10.2 Å². The number of carbonyl (C=O) groups is 1. The van der Waals surface area contributed by atoms with Crippen LogP contribution in [0.25, 0.3) is 22.5 Å². The molecular formula is C30H29ClN8O12. The number of esters is 1. The van der Waals surface area contributed by atoms with E-state index < -0.39 is 54.5 Å². The average molecular weight is 729 g/mol. The highest BCUT2D eigenvalue weighted by atomic mass is 35.5. The van der Waals surface area contributed by atoms with E-state index in [0.29, 0.717) is 18.1 Å². The Morgan fingerprint density at radius 3 is 2.41 bits per heavy atom. The molecule has 1 atom stereocenters. The van der Waals surface area contributed by atoms with Crippen molar-refractivity contribution in [3.63, 3.8) is 0 Å². The van der Waals surface area contributed by atoms with Gasteiger partial charge in [0.1, 0.15) is 19.0 Å². The second-order valence-electron chi connectivity index (χ2n) is 10.7. The number of aryl methyl sites for hydroxylation is 1. The summed E-state index contributed by atoms with van der Waals surface area (Å²) in [5, 5.41) is 33.0. The van der Waals surface area contributed by atoms with Gasteiger partial charge in [-0.05, 0) is 28.3 Å². The van der Waals surface area contributed by atoms with Crippen LogP contribution < -0.4 is 5.82 Å². The minimum absolute atomic E-state index is 0.0245. The first-order valence-electron chi connectivity index (χ1n) is 15.2. The fourth-order valence-electron chi connectivity index (χ4n) is 4.95. The van der Waals surface area contributed by atoms with Crippen molar-refractivity contribution in [1.29, 1.82) is 0 Å². The summed E-state index contributed by atoms with van der Waals surface area (Å²) in [6, 6.07) is 15.3. The maximum absolute atomic E-state index is 13.5. The summed E-state index contributed by atoms with van der Waals surface area (Å²) in [4.78, 5) is 59.3. The van der Waals surface area contributed by atoms with Crippen LogP contribution in [0.5, 0.6) is 0 Å². The third-order valence-corrected chi connectivity index (χ3v) is 7.53. The molecule has 5 aromatic rings. The molecule has 0 unspecified atom stereocenters. The summed E-state index contributed by atoms with van der Waals surface area (Å²) in [6.45, 7) is -0.200. The van der Waals surface area contributed by atoms with Crippen LogP contribution in [0, 0.1) is 20.2 Å². The van der Waals surface area contributed by atoms with Gasteiger partial charge in [-0.25, -0.2) is 14.6 Å². The Bertz CT molecular complexity index is 2010. The summed E-state index contributed by atoms with van der Waals surface area (Å²) in [6.07, 6.45) is 0.706. The van der Waals surface area contributed by atoms with E-state index in [9.17, 15) is 29.8 Å². The van der Waals surface area contributed by atoms with E-state index in [1.54, 1.807) is 4.57 Å². The largest absolute Gasteiger partial charge is 0.519 e. The zero-order valence-corrected chi connectivity index (χ0v) is 27.5. The van der Waals surface area contributed by atoms with Gasteiger partial charge in [0, 0.05) is 18.5 Å². The molecule has 0 saturated carbocycles. The first-order valence-corrected chi connectivity index (χ1v) is 15.6. The number of hydrogen-bond acceptors (Lipinski definition) is 16. The first-order chi connectivity index (χ1) is 24.6. The molecule has 1 N–H and O–H groups in total. The van der Waals surface area contributed by atoms with E-state index in [2.05, 4.69) is 35.3 Å². The molecule has 3 heterocycles. The number of rotatable bonds is 19. The number of carbonyl (C=O) groups excluding carboxylic acids is 1. The molecule has 0 radical (unpaired) electrons. The molecule has 0 aliphatic rings. The molecule has 2 aromatic carbocycles. The lowest BCUT2D eigenvalue weighted by atomic mass is 9.98. The van der Waals surface area contributed by atoms with Crippen LogP contribution in [-0.2, 0) is 45.3 Å². The fraction of sp³-hybridized carbons (Fsp3) is 0.333. The lowest BCUT2D eigenvalue weighted by Gasteiger charge is -2.14. The van der Waals surface area contributed by atoms with Crippen LogP contribution in [0.4, 0.5) is 0 Å². The standard InChI is InChI=1S/C30H29ClN8O12/c1-2-3-8-25-32-27(31)26(37(25)13-18-9-11-19(12-10-18)21-6-4-5-7-22(21)28-33-35-36-34-28)29(40)47-17-24-23(49-30(41)50-24)16-46-14-20(51-39(44)45)15-48-38(42)43/h4-7,9-12,20H,2-3,8,13-17H2,1H3,(H,33,34,35,36)/t20-/m0/s1. The quantitative estimate of drug-likeness (QED) is 0.0716. The van der Waals surface area contributed by atoms with E-state index in [4.69, 9.17) is 29.9 Å². The lowest BCUT2D eigenvalue weighted by molar-refractivity contribution is -0.790. The molecule has 0 amide bonds. The molecule has 21 heteroatoms. The summed E-state index contributed by atoms with van der Waals surface area (Å²) in [5.41, 5.74) is 3.41. The molecule has 20 nitrogen and oxygen atoms in total. The number of nitrogens with one attached hydrogen (secondary N) is 1. The van der Waals surface area contributed by atoms with Crippen LogP contribution in [0.15, 0.2) is 62.2 Å². The van der Waals surface area contributed by atoms with Crippen molar-refractivity contribution < 1.29 is 43.0 Å². The molecule has 0 fully saturated rings.